The van der Waals surface area contributed by atoms with Crippen molar-refractivity contribution >= 4 is 56.0 Å². The molecule has 0 aliphatic rings. The van der Waals surface area contributed by atoms with E-state index in [-0.39, 0.29) is 5.91 Å². The Labute approximate surface area is 129 Å². The van der Waals surface area contributed by atoms with E-state index in [2.05, 4.69) is 50.8 Å². The molecular formula is C12H14BrClINO. The number of alkyl halides is 1. The maximum Gasteiger partial charge on any atom is 0.252 e. The highest BCUT2D eigenvalue weighted by Gasteiger charge is 2.11. The first-order chi connectivity index (χ1) is 8.04. The lowest BCUT2D eigenvalue weighted by molar-refractivity contribution is 0.0947. The second-order valence-corrected chi connectivity index (χ2v) is 6.39. The third-order valence-corrected chi connectivity index (χ3v) is 3.97. The van der Waals surface area contributed by atoms with E-state index in [0.717, 1.165) is 14.5 Å². The van der Waals surface area contributed by atoms with Gasteiger partial charge in [-0.3, -0.25) is 4.79 Å². The van der Waals surface area contributed by atoms with Crippen LogP contribution < -0.4 is 5.32 Å². The number of amides is 1. The average Bonchev–Trinajstić information content (AvgIpc) is 2.29. The number of hydrogen-bond donors (Lipinski definition) is 1. The third-order valence-electron chi connectivity index (χ3n) is 2.39. The van der Waals surface area contributed by atoms with Crippen molar-refractivity contribution in [2.75, 3.05) is 12.4 Å². The van der Waals surface area contributed by atoms with Gasteiger partial charge in [0.15, 0.2) is 0 Å². The Bertz CT molecular complexity index is 400. The highest BCUT2D eigenvalue weighted by atomic mass is 127. The predicted molar refractivity (Wildman–Crippen MR) is 83.7 cm³/mol. The molecule has 1 N–H and O–H groups in total. The van der Waals surface area contributed by atoms with Crippen LogP contribution in [-0.4, -0.2) is 18.3 Å². The fourth-order valence-corrected chi connectivity index (χ4v) is 2.61. The Kier molecular flexibility index (Phi) is 6.80. The van der Waals surface area contributed by atoms with Gasteiger partial charge in [-0.25, -0.2) is 0 Å². The normalized spacial score (nSPS) is 12.2. The number of carbonyl (C=O) groups is 1. The minimum atomic E-state index is -0.0446. The summed E-state index contributed by atoms with van der Waals surface area (Å²) in [7, 11) is 0. The Morgan fingerprint density at radius 2 is 2.29 bits per heavy atom. The molecule has 0 bridgehead atoms. The molecule has 0 aliphatic carbocycles. The zero-order valence-corrected chi connectivity index (χ0v) is 14.0. The van der Waals surface area contributed by atoms with Gasteiger partial charge in [-0.1, -0.05) is 6.92 Å². The van der Waals surface area contributed by atoms with Gasteiger partial charge in [-0.05, 0) is 69.1 Å². The standard InChI is InChI=1S/C12H14BrClINO/c1-8(4-5-14)7-16-12(17)10-6-9(15)2-3-11(10)13/h2-3,6,8H,4-5,7H2,1H3,(H,16,17). The molecule has 0 saturated carbocycles. The van der Waals surface area contributed by atoms with Gasteiger partial charge in [0.1, 0.15) is 0 Å². The predicted octanol–water partition coefficient (Wildman–Crippen LogP) is 4.05. The second kappa shape index (κ2) is 7.59. The summed E-state index contributed by atoms with van der Waals surface area (Å²) >= 11 is 11.2. The lowest BCUT2D eigenvalue weighted by Gasteiger charge is -2.12. The Hall–Kier alpha value is 0.190. The molecule has 5 heteroatoms. The minimum Gasteiger partial charge on any atom is -0.352 e. The summed E-state index contributed by atoms with van der Waals surface area (Å²) in [5, 5.41) is 2.92. The van der Waals surface area contributed by atoms with Crippen molar-refractivity contribution in [2.45, 2.75) is 13.3 Å². The van der Waals surface area contributed by atoms with Crippen molar-refractivity contribution in [3.63, 3.8) is 0 Å². The molecule has 17 heavy (non-hydrogen) atoms. The molecule has 1 unspecified atom stereocenters. The molecular weight excluding hydrogens is 416 g/mol. The molecule has 1 atom stereocenters. The summed E-state index contributed by atoms with van der Waals surface area (Å²) in [6.07, 6.45) is 0.912. The molecule has 0 radical (unpaired) electrons. The van der Waals surface area contributed by atoms with E-state index in [9.17, 15) is 4.79 Å². The minimum absolute atomic E-state index is 0.0446. The van der Waals surface area contributed by atoms with E-state index in [0.29, 0.717) is 23.9 Å². The van der Waals surface area contributed by atoms with Crippen molar-refractivity contribution in [2.24, 2.45) is 5.92 Å². The molecule has 0 heterocycles. The van der Waals surface area contributed by atoms with Crippen LogP contribution >= 0.6 is 50.1 Å². The summed E-state index contributed by atoms with van der Waals surface area (Å²) in [4.78, 5) is 11.9. The van der Waals surface area contributed by atoms with Gasteiger partial charge in [0.2, 0.25) is 0 Å². The van der Waals surface area contributed by atoms with Gasteiger partial charge in [0, 0.05) is 20.5 Å². The molecule has 1 amide bonds. The first kappa shape index (κ1) is 15.2. The molecule has 0 saturated heterocycles. The topological polar surface area (TPSA) is 29.1 Å². The van der Waals surface area contributed by atoms with E-state index in [1.54, 1.807) is 0 Å². The first-order valence-electron chi connectivity index (χ1n) is 5.33. The maximum absolute atomic E-state index is 11.9. The van der Waals surface area contributed by atoms with Crippen LogP contribution in [0.25, 0.3) is 0 Å². The number of halogens is 3. The fraction of sp³-hybridized carbons (Fsp3) is 0.417. The highest BCUT2D eigenvalue weighted by molar-refractivity contribution is 14.1. The smallest absolute Gasteiger partial charge is 0.252 e. The van der Waals surface area contributed by atoms with Crippen LogP contribution in [0.5, 0.6) is 0 Å². The number of rotatable bonds is 5. The molecule has 1 rings (SSSR count). The van der Waals surface area contributed by atoms with Gasteiger partial charge in [-0.2, -0.15) is 0 Å². The van der Waals surface area contributed by atoms with Gasteiger partial charge in [0.25, 0.3) is 5.91 Å². The van der Waals surface area contributed by atoms with E-state index in [1.807, 2.05) is 18.2 Å². The van der Waals surface area contributed by atoms with Crippen LogP contribution in [0.1, 0.15) is 23.7 Å². The van der Waals surface area contributed by atoms with E-state index >= 15 is 0 Å². The largest absolute Gasteiger partial charge is 0.352 e. The quantitative estimate of drug-likeness (QED) is 0.554. The summed E-state index contributed by atoms with van der Waals surface area (Å²) in [5.74, 6) is 0.985. The molecule has 1 aromatic carbocycles. The molecule has 0 spiro atoms. The molecule has 2 nitrogen and oxygen atoms in total. The molecule has 0 aliphatic heterocycles. The van der Waals surface area contributed by atoms with Gasteiger partial charge in [-0.15, -0.1) is 11.6 Å². The first-order valence-corrected chi connectivity index (χ1v) is 7.74. The summed E-state index contributed by atoms with van der Waals surface area (Å²) in [5.41, 5.74) is 0.676. The van der Waals surface area contributed by atoms with Crippen LogP contribution in [0.3, 0.4) is 0 Å². The monoisotopic (exact) mass is 429 g/mol. The van der Waals surface area contributed by atoms with Crippen LogP contribution in [0.4, 0.5) is 0 Å². The zero-order chi connectivity index (χ0) is 12.8. The molecule has 0 aromatic heterocycles. The maximum atomic E-state index is 11.9. The van der Waals surface area contributed by atoms with Crippen molar-refractivity contribution in [1.29, 1.82) is 0 Å². The van der Waals surface area contributed by atoms with Crippen molar-refractivity contribution in [1.82, 2.24) is 5.32 Å². The third kappa shape index (κ3) is 5.14. The zero-order valence-electron chi connectivity index (χ0n) is 9.47. The lowest BCUT2D eigenvalue weighted by Crippen LogP contribution is -2.28. The number of nitrogens with one attached hydrogen (secondary N) is 1. The Morgan fingerprint density at radius 3 is 2.94 bits per heavy atom. The van der Waals surface area contributed by atoms with Crippen LogP contribution in [0.15, 0.2) is 22.7 Å². The average molecular weight is 431 g/mol. The van der Waals surface area contributed by atoms with E-state index in [4.69, 9.17) is 11.6 Å². The van der Waals surface area contributed by atoms with Gasteiger partial charge >= 0.3 is 0 Å². The second-order valence-electron chi connectivity index (χ2n) is 3.92. The summed E-state index contributed by atoms with van der Waals surface area (Å²) in [6, 6.07) is 5.71. The summed E-state index contributed by atoms with van der Waals surface area (Å²) in [6.45, 7) is 2.73. The van der Waals surface area contributed by atoms with Gasteiger partial charge < -0.3 is 5.32 Å². The van der Waals surface area contributed by atoms with Crippen molar-refractivity contribution < 1.29 is 4.79 Å². The SMILES string of the molecule is CC(CCCl)CNC(=O)c1cc(I)ccc1Br. The van der Waals surface area contributed by atoms with Gasteiger partial charge in [0.05, 0.1) is 5.56 Å². The highest BCUT2D eigenvalue weighted by Crippen LogP contribution is 2.19. The van der Waals surface area contributed by atoms with E-state index in [1.165, 1.54) is 0 Å². The van der Waals surface area contributed by atoms with Crippen molar-refractivity contribution in [3.05, 3.63) is 31.8 Å². The molecule has 0 fully saturated rings. The molecule has 1 aromatic rings. The number of carbonyl (C=O) groups excluding carboxylic acids is 1. The number of benzene rings is 1. The van der Waals surface area contributed by atoms with Crippen molar-refractivity contribution in [3.8, 4) is 0 Å². The summed E-state index contributed by atoms with van der Waals surface area (Å²) < 4.78 is 1.87. The number of hydrogen-bond acceptors (Lipinski definition) is 1. The van der Waals surface area contributed by atoms with E-state index < -0.39 is 0 Å². The Morgan fingerprint density at radius 1 is 1.59 bits per heavy atom. The van der Waals surface area contributed by atoms with Crippen LogP contribution in [0, 0.1) is 9.49 Å². The fourth-order valence-electron chi connectivity index (χ4n) is 1.32. The van der Waals surface area contributed by atoms with Crippen LogP contribution in [-0.2, 0) is 0 Å². The molecule has 94 valence electrons. The lowest BCUT2D eigenvalue weighted by atomic mass is 10.1. The Balaban J connectivity index is 2.61. The van der Waals surface area contributed by atoms with Crippen LogP contribution in [0.2, 0.25) is 0 Å².